The van der Waals surface area contributed by atoms with Crippen molar-refractivity contribution in [2.45, 2.75) is 20.0 Å². The summed E-state index contributed by atoms with van der Waals surface area (Å²) in [5, 5.41) is 10.0. The van der Waals surface area contributed by atoms with Crippen LogP contribution in [0.2, 0.25) is 0 Å². The van der Waals surface area contributed by atoms with Gasteiger partial charge in [0, 0.05) is 5.57 Å². The number of rotatable bonds is 7. The smallest absolute Gasteiger partial charge is 0.195 e. The van der Waals surface area contributed by atoms with Gasteiger partial charge in [0.25, 0.3) is 0 Å². The van der Waals surface area contributed by atoms with Crippen molar-refractivity contribution in [2.24, 2.45) is 0 Å². The Kier molecular flexibility index (Phi) is 8.16. The maximum Gasteiger partial charge on any atom is 0.195 e. The van der Waals surface area contributed by atoms with E-state index in [4.69, 9.17) is 0 Å². The van der Waals surface area contributed by atoms with Crippen molar-refractivity contribution in [3.05, 3.63) is 72.9 Å². The highest BCUT2D eigenvalue weighted by molar-refractivity contribution is 6.03. The zero-order valence-corrected chi connectivity index (χ0v) is 11.0. The molecule has 1 N–H and O–H groups in total. The Morgan fingerprint density at radius 2 is 1.83 bits per heavy atom. The summed E-state index contributed by atoms with van der Waals surface area (Å²) in [6, 6.07) is 0. The summed E-state index contributed by atoms with van der Waals surface area (Å²) < 4.78 is 0. The molecular formula is C16H20O2. The highest BCUT2D eigenvalue weighted by Crippen LogP contribution is 2.12. The van der Waals surface area contributed by atoms with E-state index >= 15 is 0 Å². The van der Waals surface area contributed by atoms with Crippen molar-refractivity contribution >= 4 is 5.78 Å². The third kappa shape index (κ3) is 4.93. The van der Waals surface area contributed by atoms with Gasteiger partial charge in [-0.25, -0.2) is 0 Å². The molecule has 0 bridgehead atoms. The number of aliphatic hydroxyl groups is 1. The molecule has 0 aromatic carbocycles. The number of carbonyl (C=O) groups is 1. The van der Waals surface area contributed by atoms with Crippen LogP contribution >= 0.6 is 0 Å². The number of aliphatic hydroxyl groups excluding tert-OH is 1. The summed E-state index contributed by atoms with van der Waals surface area (Å²) >= 11 is 0. The second kappa shape index (κ2) is 9.14. The quantitative estimate of drug-likeness (QED) is 0.551. The predicted molar refractivity (Wildman–Crippen MR) is 77.2 cm³/mol. The van der Waals surface area contributed by atoms with Gasteiger partial charge in [-0.15, -0.1) is 0 Å². The van der Waals surface area contributed by atoms with Crippen LogP contribution in [-0.2, 0) is 4.79 Å². The molecule has 2 nitrogen and oxygen atoms in total. The standard InChI is InChI=1S/C16H20O2/c1-5-9-12-13(8-4)15(17)16(18)14(10-6-2)11-7-3/h5-12,16,18H,1-2H2,3-4H3/b11-7-,12-9-,13-8+,14-10+. The minimum Gasteiger partial charge on any atom is -0.380 e. The van der Waals surface area contributed by atoms with E-state index in [1.54, 1.807) is 55.5 Å². The molecule has 18 heavy (non-hydrogen) atoms. The molecule has 2 heteroatoms. The van der Waals surface area contributed by atoms with Crippen molar-refractivity contribution in [2.75, 3.05) is 0 Å². The van der Waals surface area contributed by atoms with Gasteiger partial charge in [0.2, 0.25) is 0 Å². The first kappa shape index (κ1) is 16.1. The van der Waals surface area contributed by atoms with Crippen LogP contribution in [0.3, 0.4) is 0 Å². The number of carbonyl (C=O) groups excluding carboxylic acids is 1. The van der Waals surface area contributed by atoms with Crippen molar-refractivity contribution < 1.29 is 9.90 Å². The van der Waals surface area contributed by atoms with E-state index in [9.17, 15) is 9.90 Å². The highest BCUT2D eigenvalue weighted by atomic mass is 16.3. The van der Waals surface area contributed by atoms with Gasteiger partial charge < -0.3 is 5.11 Å². The molecule has 0 rings (SSSR count). The Bertz CT molecular complexity index is 420. The van der Waals surface area contributed by atoms with Crippen LogP contribution in [0.15, 0.2) is 72.9 Å². The Balaban J connectivity index is 5.18. The average molecular weight is 244 g/mol. The maximum absolute atomic E-state index is 12.1. The summed E-state index contributed by atoms with van der Waals surface area (Å²) in [5.41, 5.74) is 0.964. The fraction of sp³-hybridized carbons (Fsp3) is 0.188. The molecule has 0 aromatic rings. The average Bonchev–Trinajstić information content (AvgIpc) is 2.38. The summed E-state index contributed by atoms with van der Waals surface area (Å²) in [4.78, 5) is 12.1. The maximum atomic E-state index is 12.1. The van der Waals surface area contributed by atoms with Gasteiger partial charge in [-0.1, -0.05) is 61.8 Å². The molecule has 1 atom stereocenters. The zero-order valence-electron chi connectivity index (χ0n) is 11.0. The largest absolute Gasteiger partial charge is 0.380 e. The predicted octanol–water partition coefficient (Wildman–Crippen LogP) is 3.29. The molecule has 96 valence electrons. The number of hydrogen-bond donors (Lipinski definition) is 1. The highest BCUT2D eigenvalue weighted by Gasteiger charge is 2.19. The molecule has 0 aromatic heterocycles. The Morgan fingerprint density at radius 1 is 1.17 bits per heavy atom. The Morgan fingerprint density at radius 3 is 2.28 bits per heavy atom. The van der Waals surface area contributed by atoms with Gasteiger partial charge in [-0.3, -0.25) is 4.79 Å². The third-order valence-corrected chi connectivity index (χ3v) is 2.24. The summed E-state index contributed by atoms with van der Waals surface area (Å²) in [6.07, 6.45) is 12.0. The molecule has 0 spiro atoms. The van der Waals surface area contributed by atoms with Crippen LogP contribution in [0.25, 0.3) is 0 Å². The van der Waals surface area contributed by atoms with Crippen LogP contribution in [0.5, 0.6) is 0 Å². The summed E-state index contributed by atoms with van der Waals surface area (Å²) in [6.45, 7) is 10.7. The summed E-state index contributed by atoms with van der Waals surface area (Å²) in [5.74, 6) is -0.346. The number of hydrogen-bond acceptors (Lipinski definition) is 2. The fourth-order valence-electron chi connectivity index (χ4n) is 1.37. The third-order valence-electron chi connectivity index (χ3n) is 2.24. The monoisotopic (exact) mass is 244 g/mol. The second-order valence-electron chi connectivity index (χ2n) is 3.51. The van der Waals surface area contributed by atoms with Gasteiger partial charge in [0.1, 0.15) is 6.10 Å². The van der Waals surface area contributed by atoms with Crippen LogP contribution in [-0.4, -0.2) is 17.0 Å². The van der Waals surface area contributed by atoms with Crippen molar-refractivity contribution in [1.82, 2.24) is 0 Å². The lowest BCUT2D eigenvalue weighted by Crippen LogP contribution is -2.23. The van der Waals surface area contributed by atoms with Gasteiger partial charge in [0.05, 0.1) is 0 Å². The van der Waals surface area contributed by atoms with E-state index in [2.05, 4.69) is 13.2 Å². The number of allylic oxidation sites excluding steroid dienone is 7. The minimum absolute atomic E-state index is 0.346. The van der Waals surface area contributed by atoms with Crippen molar-refractivity contribution in [3.8, 4) is 0 Å². The molecule has 0 aliphatic heterocycles. The first-order valence-electron chi connectivity index (χ1n) is 5.75. The Hall–Kier alpha value is -1.93. The van der Waals surface area contributed by atoms with E-state index < -0.39 is 6.10 Å². The van der Waals surface area contributed by atoms with E-state index in [0.29, 0.717) is 11.1 Å². The molecule has 1 unspecified atom stereocenters. The number of Topliss-reactive ketones (excluding diaryl/α,β-unsaturated/α-hetero) is 1. The van der Waals surface area contributed by atoms with Crippen LogP contribution in [0, 0.1) is 0 Å². The van der Waals surface area contributed by atoms with Crippen LogP contribution < -0.4 is 0 Å². The van der Waals surface area contributed by atoms with Crippen molar-refractivity contribution in [3.63, 3.8) is 0 Å². The SMILES string of the molecule is C=C/C=C\C(=C/C)C(=O)C(O)C(/C=C\C)=C/C=C. The molecule has 0 amide bonds. The first-order valence-corrected chi connectivity index (χ1v) is 5.75. The molecule has 0 saturated carbocycles. The number of ketones is 1. The van der Waals surface area contributed by atoms with Crippen LogP contribution in [0.1, 0.15) is 13.8 Å². The van der Waals surface area contributed by atoms with Gasteiger partial charge in [0.15, 0.2) is 5.78 Å². The minimum atomic E-state index is -1.18. The molecule has 0 radical (unpaired) electrons. The second-order valence-corrected chi connectivity index (χ2v) is 3.51. The van der Waals surface area contributed by atoms with E-state index in [1.807, 2.05) is 6.92 Å². The molecular weight excluding hydrogens is 224 g/mol. The molecule has 0 aliphatic rings. The Labute approximate surface area is 109 Å². The van der Waals surface area contributed by atoms with Crippen molar-refractivity contribution in [1.29, 1.82) is 0 Å². The van der Waals surface area contributed by atoms with Gasteiger partial charge >= 0.3 is 0 Å². The first-order chi connectivity index (χ1) is 8.62. The molecule has 0 heterocycles. The van der Waals surface area contributed by atoms with E-state index in [-0.39, 0.29) is 5.78 Å². The van der Waals surface area contributed by atoms with E-state index in [1.165, 1.54) is 0 Å². The lowest BCUT2D eigenvalue weighted by atomic mass is 9.98. The topological polar surface area (TPSA) is 37.3 Å². The normalized spacial score (nSPS) is 15.1. The van der Waals surface area contributed by atoms with E-state index in [0.717, 1.165) is 0 Å². The van der Waals surface area contributed by atoms with Gasteiger partial charge in [-0.05, 0) is 19.4 Å². The van der Waals surface area contributed by atoms with Gasteiger partial charge in [-0.2, -0.15) is 0 Å². The molecule has 0 aliphatic carbocycles. The molecule has 0 saturated heterocycles. The fourth-order valence-corrected chi connectivity index (χ4v) is 1.37. The lowest BCUT2D eigenvalue weighted by Gasteiger charge is -2.11. The lowest BCUT2D eigenvalue weighted by molar-refractivity contribution is -0.121. The van der Waals surface area contributed by atoms with Crippen LogP contribution in [0.4, 0.5) is 0 Å². The molecule has 0 fully saturated rings. The zero-order chi connectivity index (χ0) is 14.0. The summed E-state index contributed by atoms with van der Waals surface area (Å²) in [7, 11) is 0.